The number of carbonyl (C=O) groups excluding carboxylic acids is 1. The number of benzene rings is 1. The molecule has 1 amide bonds. The first-order valence-electron chi connectivity index (χ1n) is 8.29. The smallest absolute Gasteiger partial charge is 0.410 e. The number of nitrogens with zero attached hydrogens (tertiary/aromatic N) is 1. The molecule has 0 radical (unpaired) electrons. The number of likely N-dealkylation sites (tertiary alicyclic amines) is 1. The van der Waals surface area contributed by atoms with Gasteiger partial charge in [0.1, 0.15) is 11.4 Å². The predicted octanol–water partition coefficient (Wildman–Crippen LogP) is 4.06. The van der Waals surface area contributed by atoms with E-state index < -0.39 is 11.6 Å². The summed E-state index contributed by atoms with van der Waals surface area (Å²) in [5, 5.41) is 9.12. The molecule has 1 fully saturated rings. The lowest BCUT2D eigenvalue weighted by Gasteiger charge is -2.33. The molecule has 1 heterocycles. The fourth-order valence-electron chi connectivity index (χ4n) is 2.58. The first-order valence-corrected chi connectivity index (χ1v) is 8.67. The topological polar surface area (TPSA) is 76.1 Å². The number of ether oxygens (including phenoxy) is 2. The molecule has 0 bridgehead atoms. The van der Waals surface area contributed by atoms with E-state index in [1.807, 2.05) is 20.8 Å². The van der Waals surface area contributed by atoms with Crippen LogP contribution in [-0.4, -0.2) is 47.4 Å². The van der Waals surface area contributed by atoms with E-state index in [2.05, 4.69) is 0 Å². The number of carboxylic acid groups (broad SMARTS) is 1. The third-order valence-electron chi connectivity index (χ3n) is 3.92. The number of aromatic carboxylic acids is 1. The summed E-state index contributed by atoms with van der Waals surface area (Å²) in [6.07, 6.45) is 1.39. The van der Waals surface area contributed by atoms with Gasteiger partial charge in [0.2, 0.25) is 0 Å². The Morgan fingerprint density at radius 2 is 1.92 bits per heavy atom. The molecular formula is C18H24ClNO5. The molecule has 1 aliphatic rings. The van der Waals surface area contributed by atoms with Gasteiger partial charge in [0.25, 0.3) is 0 Å². The molecule has 0 spiro atoms. The average Bonchev–Trinajstić information content (AvgIpc) is 2.51. The molecule has 7 heteroatoms. The van der Waals surface area contributed by atoms with Gasteiger partial charge in [0, 0.05) is 13.1 Å². The number of carbonyl (C=O) groups is 2. The zero-order valence-electron chi connectivity index (χ0n) is 14.8. The number of carboxylic acids is 1. The van der Waals surface area contributed by atoms with Crippen molar-refractivity contribution in [3.63, 3.8) is 0 Å². The van der Waals surface area contributed by atoms with Crippen molar-refractivity contribution in [1.29, 1.82) is 0 Å². The van der Waals surface area contributed by atoms with E-state index in [0.29, 0.717) is 31.4 Å². The second-order valence-corrected chi connectivity index (χ2v) is 7.58. The van der Waals surface area contributed by atoms with E-state index in [4.69, 9.17) is 26.2 Å². The lowest BCUT2D eigenvalue weighted by molar-refractivity contribution is 0.0164. The number of halogens is 1. The van der Waals surface area contributed by atoms with Gasteiger partial charge in [-0.15, -0.1) is 0 Å². The highest BCUT2D eigenvalue weighted by Crippen LogP contribution is 2.25. The summed E-state index contributed by atoms with van der Waals surface area (Å²) in [5.41, 5.74) is -0.432. The maximum atomic E-state index is 12.0. The molecule has 0 unspecified atom stereocenters. The molecule has 1 N–H and O–H groups in total. The van der Waals surface area contributed by atoms with Crippen LogP contribution in [0.1, 0.15) is 44.0 Å². The van der Waals surface area contributed by atoms with E-state index in [-0.39, 0.29) is 16.7 Å². The van der Waals surface area contributed by atoms with Crippen LogP contribution in [0.5, 0.6) is 5.75 Å². The molecule has 2 rings (SSSR count). The fraction of sp³-hybridized carbons (Fsp3) is 0.556. The third kappa shape index (κ3) is 5.81. The average molecular weight is 370 g/mol. The molecule has 0 aromatic heterocycles. The quantitative estimate of drug-likeness (QED) is 0.865. The summed E-state index contributed by atoms with van der Waals surface area (Å²) in [6, 6.07) is 4.55. The number of piperidine rings is 1. The molecule has 1 saturated heterocycles. The van der Waals surface area contributed by atoms with Crippen LogP contribution in [0.25, 0.3) is 0 Å². The Morgan fingerprint density at radius 3 is 2.44 bits per heavy atom. The van der Waals surface area contributed by atoms with Crippen molar-refractivity contribution < 1.29 is 24.2 Å². The second kappa shape index (κ2) is 7.95. The van der Waals surface area contributed by atoms with Gasteiger partial charge in [0.05, 0.1) is 17.2 Å². The molecule has 1 aliphatic heterocycles. The third-order valence-corrected chi connectivity index (χ3v) is 4.24. The largest absolute Gasteiger partial charge is 0.493 e. The maximum absolute atomic E-state index is 12.0. The first kappa shape index (κ1) is 19.4. The van der Waals surface area contributed by atoms with Crippen LogP contribution < -0.4 is 4.74 Å². The Kier molecular flexibility index (Phi) is 6.16. The van der Waals surface area contributed by atoms with Crippen LogP contribution in [-0.2, 0) is 4.74 Å². The number of hydrogen-bond donors (Lipinski definition) is 1. The Labute approximate surface area is 152 Å². The molecule has 0 saturated carbocycles. The van der Waals surface area contributed by atoms with E-state index in [1.165, 1.54) is 12.1 Å². The lowest BCUT2D eigenvalue weighted by atomic mass is 9.98. The van der Waals surface area contributed by atoms with Crippen molar-refractivity contribution in [2.24, 2.45) is 5.92 Å². The SMILES string of the molecule is CC(C)(C)OC(=O)N1CCC(COc2ccc(C(=O)O)c(Cl)c2)CC1. The summed E-state index contributed by atoms with van der Waals surface area (Å²) >= 11 is 5.93. The van der Waals surface area contributed by atoms with Crippen molar-refractivity contribution in [2.75, 3.05) is 19.7 Å². The molecular weight excluding hydrogens is 346 g/mol. The highest BCUT2D eigenvalue weighted by molar-refractivity contribution is 6.33. The Bertz CT molecular complexity index is 633. The Balaban J connectivity index is 1.80. The summed E-state index contributed by atoms with van der Waals surface area (Å²) in [5.74, 6) is -0.188. The van der Waals surface area contributed by atoms with Crippen LogP contribution in [0.4, 0.5) is 4.79 Å². The molecule has 1 aromatic rings. The van der Waals surface area contributed by atoms with Gasteiger partial charge in [-0.2, -0.15) is 0 Å². The van der Waals surface area contributed by atoms with Crippen LogP contribution in [0, 0.1) is 5.92 Å². The molecule has 25 heavy (non-hydrogen) atoms. The normalized spacial score (nSPS) is 15.8. The Morgan fingerprint density at radius 1 is 1.28 bits per heavy atom. The van der Waals surface area contributed by atoms with Gasteiger partial charge in [-0.1, -0.05) is 11.6 Å². The van der Waals surface area contributed by atoms with E-state index >= 15 is 0 Å². The van der Waals surface area contributed by atoms with Crippen LogP contribution in [0.15, 0.2) is 18.2 Å². The van der Waals surface area contributed by atoms with Crippen molar-refractivity contribution in [3.05, 3.63) is 28.8 Å². The van der Waals surface area contributed by atoms with E-state index in [1.54, 1.807) is 11.0 Å². The summed E-state index contributed by atoms with van der Waals surface area (Å²) in [7, 11) is 0. The zero-order chi connectivity index (χ0) is 18.6. The van der Waals surface area contributed by atoms with Crippen LogP contribution >= 0.6 is 11.6 Å². The standard InChI is InChI=1S/C18H24ClNO5/c1-18(2,3)25-17(23)20-8-6-12(7-9-20)11-24-13-4-5-14(16(21)22)15(19)10-13/h4-5,10,12H,6-9,11H2,1-3H3,(H,21,22). The first-order chi connectivity index (χ1) is 11.7. The van der Waals surface area contributed by atoms with Gasteiger partial charge in [-0.05, 0) is 57.7 Å². The van der Waals surface area contributed by atoms with Gasteiger partial charge in [0.15, 0.2) is 0 Å². The molecule has 0 aliphatic carbocycles. The minimum absolute atomic E-state index is 0.0553. The number of hydrogen-bond acceptors (Lipinski definition) is 4. The van der Waals surface area contributed by atoms with E-state index in [0.717, 1.165) is 12.8 Å². The van der Waals surface area contributed by atoms with Gasteiger partial charge < -0.3 is 19.5 Å². The van der Waals surface area contributed by atoms with Crippen molar-refractivity contribution in [2.45, 2.75) is 39.2 Å². The number of rotatable bonds is 4. The highest BCUT2D eigenvalue weighted by Gasteiger charge is 2.27. The molecule has 0 atom stereocenters. The summed E-state index contributed by atoms with van der Waals surface area (Å²) in [6.45, 7) is 7.35. The highest BCUT2D eigenvalue weighted by atomic mass is 35.5. The maximum Gasteiger partial charge on any atom is 0.410 e. The Hall–Kier alpha value is -1.95. The van der Waals surface area contributed by atoms with Gasteiger partial charge in [-0.3, -0.25) is 0 Å². The minimum atomic E-state index is -1.06. The van der Waals surface area contributed by atoms with Crippen molar-refractivity contribution in [1.82, 2.24) is 4.90 Å². The molecule has 138 valence electrons. The second-order valence-electron chi connectivity index (χ2n) is 7.17. The van der Waals surface area contributed by atoms with Gasteiger partial charge >= 0.3 is 12.1 Å². The van der Waals surface area contributed by atoms with Crippen molar-refractivity contribution >= 4 is 23.7 Å². The zero-order valence-corrected chi connectivity index (χ0v) is 15.5. The fourth-order valence-corrected chi connectivity index (χ4v) is 2.83. The number of amides is 1. The van der Waals surface area contributed by atoms with Crippen LogP contribution in [0.2, 0.25) is 5.02 Å². The van der Waals surface area contributed by atoms with Crippen molar-refractivity contribution in [3.8, 4) is 5.75 Å². The monoisotopic (exact) mass is 369 g/mol. The molecule has 1 aromatic carbocycles. The summed E-state index contributed by atoms with van der Waals surface area (Å²) in [4.78, 5) is 24.7. The van der Waals surface area contributed by atoms with Crippen LogP contribution in [0.3, 0.4) is 0 Å². The predicted molar refractivity (Wildman–Crippen MR) is 94.4 cm³/mol. The summed E-state index contributed by atoms with van der Waals surface area (Å²) < 4.78 is 11.1. The van der Waals surface area contributed by atoms with Gasteiger partial charge in [-0.25, -0.2) is 9.59 Å². The molecule has 6 nitrogen and oxygen atoms in total. The minimum Gasteiger partial charge on any atom is -0.493 e. The lowest BCUT2D eigenvalue weighted by Crippen LogP contribution is -2.42. The van der Waals surface area contributed by atoms with E-state index in [9.17, 15) is 9.59 Å².